The van der Waals surface area contributed by atoms with Crippen molar-refractivity contribution < 1.29 is 9.15 Å². The molecule has 4 heteroatoms. The number of ether oxygens (including phenoxy) is 1. The highest BCUT2D eigenvalue weighted by Crippen LogP contribution is 2.26. The second-order valence-corrected chi connectivity index (χ2v) is 5.00. The Balaban J connectivity index is 1.80. The number of rotatable bonds is 4. The molecule has 0 amide bonds. The lowest BCUT2D eigenvalue weighted by Gasteiger charge is -2.16. The van der Waals surface area contributed by atoms with Crippen molar-refractivity contribution in [1.29, 1.82) is 0 Å². The maximum absolute atomic E-state index is 6.11. The van der Waals surface area contributed by atoms with Gasteiger partial charge >= 0.3 is 0 Å². The van der Waals surface area contributed by atoms with Gasteiger partial charge in [0.15, 0.2) is 0 Å². The summed E-state index contributed by atoms with van der Waals surface area (Å²) < 4.78 is 10.6. The summed E-state index contributed by atoms with van der Waals surface area (Å²) in [5, 5.41) is 0. The van der Waals surface area contributed by atoms with E-state index >= 15 is 0 Å². The van der Waals surface area contributed by atoms with Gasteiger partial charge in [-0.05, 0) is 19.4 Å². The number of nitrogens with two attached hydrogens (primary N) is 1. The lowest BCUT2D eigenvalue weighted by atomic mass is 10.0. The summed E-state index contributed by atoms with van der Waals surface area (Å²) in [7, 11) is 0. The highest BCUT2D eigenvalue weighted by Gasteiger charge is 2.22. The largest absolute Gasteiger partial charge is 0.468 e. The predicted molar refractivity (Wildman–Crippen MR) is 61.1 cm³/mol. The maximum Gasteiger partial charge on any atom is 0.114 e. The van der Waals surface area contributed by atoms with Crippen LogP contribution in [0.1, 0.15) is 12.2 Å². The Morgan fingerprint density at radius 2 is 2.53 bits per heavy atom. The van der Waals surface area contributed by atoms with Crippen LogP contribution in [0.2, 0.25) is 0 Å². The van der Waals surface area contributed by atoms with E-state index in [-0.39, 0.29) is 6.04 Å². The van der Waals surface area contributed by atoms with E-state index in [1.54, 1.807) is 18.0 Å². The third-order valence-electron chi connectivity index (χ3n) is 2.81. The second kappa shape index (κ2) is 5.05. The molecule has 2 rings (SSSR count). The van der Waals surface area contributed by atoms with Gasteiger partial charge in [-0.25, -0.2) is 0 Å². The SMILES string of the molecule is Cc1occc1SCC(N)C1CCOC1. The molecular formula is C11H17NO2S. The van der Waals surface area contributed by atoms with E-state index in [1.165, 1.54) is 4.90 Å². The molecule has 2 unspecified atom stereocenters. The summed E-state index contributed by atoms with van der Waals surface area (Å²) in [6.45, 7) is 3.67. The molecule has 0 radical (unpaired) electrons. The Bertz CT molecular complexity index is 307. The molecule has 1 aromatic heterocycles. The maximum atomic E-state index is 6.11. The summed E-state index contributed by atoms with van der Waals surface area (Å²) in [5.74, 6) is 2.45. The molecule has 1 aliphatic rings. The fourth-order valence-electron chi connectivity index (χ4n) is 1.74. The Kier molecular flexibility index (Phi) is 3.72. The number of hydrogen-bond donors (Lipinski definition) is 1. The highest BCUT2D eigenvalue weighted by atomic mass is 32.2. The third-order valence-corrected chi connectivity index (χ3v) is 4.10. The topological polar surface area (TPSA) is 48.4 Å². The van der Waals surface area contributed by atoms with E-state index in [2.05, 4.69) is 0 Å². The molecule has 2 N–H and O–H groups in total. The van der Waals surface area contributed by atoms with E-state index in [1.807, 2.05) is 13.0 Å². The van der Waals surface area contributed by atoms with Crippen LogP contribution in [0.4, 0.5) is 0 Å². The molecule has 0 aromatic carbocycles. The number of hydrogen-bond acceptors (Lipinski definition) is 4. The van der Waals surface area contributed by atoms with Gasteiger partial charge < -0.3 is 14.9 Å². The Morgan fingerprint density at radius 1 is 1.67 bits per heavy atom. The fourth-order valence-corrected chi connectivity index (χ4v) is 2.78. The number of furan rings is 1. The quantitative estimate of drug-likeness (QED) is 0.800. The standard InChI is InChI=1S/C11H17NO2S/c1-8-11(3-5-14-8)15-7-10(12)9-2-4-13-6-9/h3,5,9-10H,2,4,6-7,12H2,1H3. The molecule has 84 valence electrons. The Labute approximate surface area is 94.4 Å². The molecule has 0 spiro atoms. The van der Waals surface area contributed by atoms with Gasteiger partial charge in [-0.1, -0.05) is 0 Å². The lowest BCUT2D eigenvalue weighted by Crippen LogP contribution is -2.32. The molecule has 0 aliphatic carbocycles. The first-order valence-electron chi connectivity index (χ1n) is 5.27. The van der Waals surface area contributed by atoms with Crippen molar-refractivity contribution in [2.45, 2.75) is 24.3 Å². The molecule has 15 heavy (non-hydrogen) atoms. The van der Waals surface area contributed by atoms with Crippen molar-refractivity contribution in [3.8, 4) is 0 Å². The molecule has 1 aliphatic heterocycles. The van der Waals surface area contributed by atoms with Crippen molar-refractivity contribution in [2.24, 2.45) is 11.7 Å². The van der Waals surface area contributed by atoms with Crippen LogP contribution >= 0.6 is 11.8 Å². The number of thioether (sulfide) groups is 1. The van der Waals surface area contributed by atoms with Crippen LogP contribution in [0.15, 0.2) is 21.6 Å². The Hall–Kier alpha value is -0.450. The van der Waals surface area contributed by atoms with Gasteiger partial charge in [-0.2, -0.15) is 0 Å². The van der Waals surface area contributed by atoms with Crippen molar-refractivity contribution in [1.82, 2.24) is 0 Å². The van der Waals surface area contributed by atoms with Crippen molar-refractivity contribution in [3.05, 3.63) is 18.1 Å². The molecule has 1 fully saturated rings. The van der Waals surface area contributed by atoms with Crippen LogP contribution < -0.4 is 5.73 Å². The summed E-state index contributed by atoms with van der Waals surface area (Å²) >= 11 is 1.77. The first kappa shape index (κ1) is 11.0. The summed E-state index contributed by atoms with van der Waals surface area (Å²) in [4.78, 5) is 1.20. The summed E-state index contributed by atoms with van der Waals surface area (Å²) in [6.07, 6.45) is 2.83. The van der Waals surface area contributed by atoms with E-state index in [0.717, 1.165) is 31.1 Å². The van der Waals surface area contributed by atoms with Gasteiger partial charge in [0.05, 0.1) is 12.9 Å². The molecule has 1 aromatic rings. The summed E-state index contributed by atoms with van der Waals surface area (Å²) in [6, 6.07) is 2.23. The normalized spacial score (nSPS) is 23.2. The zero-order chi connectivity index (χ0) is 10.7. The van der Waals surface area contributed by atoms with Gasteiger partial charge in [-0.15, -0.1) is 11.8 Å². The van der Waals surface area contributed by atoms with Crippen LogP contribution in [0.5, 0.6) is 0 Å². The van der Waals surface area contributed by atoms with Gasteiger partial charge in [-0.3, -0.25) is 0 Å². The number of aryl methyl sites for hydroxylation is 1. The minimum Gasteiger partial charge on any atom is -0.468 e. The highest BCUT2D eigenvalue weighted by molar-refractivity contribution is 7.99. The first-order chi connectivity index (χ1) is 7.27. The van der Waals surface area contributed by atoms with E-state index in [0.29, 0.717) is 5.92 Å². The van der Waals surface area contributed by atoms with Gasteiger partial charge in [0.2, 0.25) is 0 Å². The molecule has 0 bridgehead atoms. The minimum atomic E-state index is 0.229. The monoisotopic (exact) mass is 227 g/mol. The minimum absolute atomic E-state index is 0.229. The van der Waals surface area contributed by atoms with Gasteiger partial charge in [0.1, 0.15) is 5.76 Å². The van der Waals surface area contributed by atoms with Crippen LogP contribution in [-0.2, 0) is 4.74 Å². The van der Waals surface area contributed by atoms with E-state index < -0.39 is 0 Å². The molecule has 2 heterocycles. The van der Waals surface area contributed by atoms with Crippen molar-refractivity contribution in [3.63, 3.8) is 0 Å². The zero-order valence-electron chi connectivity index (χ0n) is 8.94. The molecule has 0 saturated carbocycles. The average molecular weight is 227 g/mol. The van der Waals surface area contributed by atoms with Crippen molar-refractivity contribution in [2.75, 3.05) is 19.0 Å². The first-order valence-corrected chi connectivity index (χ1v) is 6.26. The molecular weight excluding hydrogens is 210 g/mol. The van der Waals surface area contributed by atoms with Gasteiger partial charge in [0.25, 0.3) is 0 Å². The van der Waals surface area contributed by atoms with Crippen LogP contribution in [0.25, 0.3) is 0 Å². The Morgan fingerprint density at radius 3 is 3.13 bits per heavy atom. The summed E-state index contributed by atoms with van der Waals surface area (Å²) in [5.41, 5.74) is 6.11. The smallest absolute Gasteiger partial charge is 0.114 e. The van der Waals surface area contributed by atoms with Crippen LogP contribution in [0, 0.1) is 12.8 Å². The molecule has 1 saturated heterocycles. The fraction of sp³-hybridized carbons (Fsp3) is 0.636. The zero-order valence-corrected chi connectivity index (χ0v) is 9.76. The van der Waals surface area contributed by atoms with Gasteiger partial charge in [0, 0.05) is 29.2 Å². The molecule has 2 atom stereocenters. The third kappa shape index (κ3) is 2.77. The predicted octanol–water partition coefficient (Wildman–Crippen LogP) is 2.04. The average Bonchev–Trinajstić information content (AvgIpc) is 2.85. The van der Waals surface area contributed by atoms with E-state index in [9.17, 15) is 0 Å². The van der Waals surface area contributed by atoms with Crippen LogP contribution in [-0.4, -0.2) is 25.0 Å². The van der Waals surface area contributed by atoms with Crippen LogP contribution in [0.3, 0.4) is 0 Å². The van der Waals surface area contributed by atoms with E-state index in [4.69, 9.17) is 14.9 Å². The lowest BCUT2D eigenvalue weighted by molar-refractivity contribution is 0.182. The molecule has 3 nitrogen and oxygen atoms in total. The second-order valence-electron chi connectivity index (χ2n) is 3.94. The van der Waals surface area contributed by atoms with Crippen molar-refractivity contribution >= 4 is 11.8 Å².